The Morgan fingerprint density at radius 1 is 1.13 bits per heavy atom. The van der Waals surface area contributed by atoms with E-state index in [0.717, 1.165) is 42.6 Å². The molecule has 0 saturated heterocycles. The molecule has 1 heterocycles. The van der Waals surface area contributed by atoms with Crippen LogP contribution in [0.15, 0.2) is 60.3 Å². The van der Waals surface area contributed by atoms with Gasteiger partial charge in [-0.05, 0) is 79.0 Å². The Balaban J connectivity index is 1.53. The molecule has 154 valence electrons. The van der Waals surface area contributed by atoms with E-state index >= 15 is 0 Å². The van der Waals surface area contributed by atoms with E-state index in [1.54, 1.807) is 30.3 Å². The van der Waals surface area contributed by atoms with E-state index < -0.39 is 6.10 Å². The highest BCUT2D eigenvalue weighted by atomic mass is 19.1. The van der Waals surface area contributed by atoms with E-state index in [2.05, 4.69) is 18.1 Å². The molecule has 2 aromatic carbocycles. The van der Waals surface area contributed by atoms with Crippen LogP contribution in [0.3, 0.4) is 0 Å². The first-order valence-corrected chi connectivity index (χ1v) is 10.4. The Kier molecular flexibility index (Phi) is 4.58. The molecule has 1 fully saturated rings. The number of hydrogen-bond donors (Lipinski definition) is 1. The van der Waals surface area contributed by atoms with E-state index in [9.17, 15) is 13.9 Å². The van der Waals surface area contributed by atoms with Crippen molar-refractivity contribution in [1.29, 1.82) is 0 Å². The van der Waals surface area contributed by atoms with Crippen LogP contribution in [0.2, 0.25) is 0 Å². The van der Waals surface area contributed by atoms with Crippen LogP contribution in [0.1, 0.15) is 49.1 Å². The monoisotopic (exact) mass is 406 g/mol. The van der Waals surface area contributed by atoms with E-state index in [0.29, 0.717) is 5.56 Å². The lowest BCUT2D eigenvalue weighted by Gasteiger charge is -2.47. The van der Waals surface area contributed by atoms with E-state index in [1.807, 2.05) is 10.9 Å². The summed E-state index contributed by atoms with van der Waals surface area (Å²) in [6.45, 7) is 2.19. The van der Waals surface area contributed by atoms with E-state index in [4.69, 9.17) is 0 Å². The van der Waals surface area contributed by atoms with Crippen molar-refractivity contribution in [3.05, 3.63) is 88.8 Å². The lowest BCUT2D eigenvalue weighted by Crippen LogP contribution is -2.40. The first kappa shape index (κ1) is 19.2. The Morgan fingerprint density at radius 3 is 2.67 bits per heavy atom. The maximum atomic E-state index is 14.4. The maximum Gasteiger partial charge on any atom is 0.129 e. The molecule has 0 unspecified atom stereocenters. The van der Waals surface area contributed by atoms with Gasteiger partial charge >= 0.3 is 0 Å². The van der Waals surface area contributed by atoms with Gasteiger partial charge in [-0.3, -0.25) is 0 Å². The van der Waals surface area contributed by atoms with Gasteiger partial charge in [-0.1, -0.05) is 30.7 Å². The van der Waals surface area contributed by atoms with Crippen molar-refractivity contribution in [3.63, 3.8) is 0 Å². The van der Waals surface area contributed by atoms with Crippen LogP contribution < -0.4 is 0 Å². The minimum Gasteiger partial charge on any atom is -0.388 e. The molecular formula is C25H24F2N2O. The van der Waals surface area contributed by atoms with Crippen LogP contribution in [0, 0.1) is 23.0 Å². The highest BCUT2D eigenvalue weighted by Crippen LogP contribution is 2.54. The van der Waals surface area contributed by atoms with Gasteiger partial charge in [-0.15, -0.1) is 0 Å². The number of halogens is 2. The zero-order valence-corrected chi connectivity index (χ0v) is 16.9. The van der Waals surface area contributed by atoms with Gasteiger partial charge in [-0.25, -0.2) is 13.5 Å². The maximum absolute atomic E-state index is 14.4. The topological polar surface area (TPSA) is 38.0 Å². The van der Waals surface area contributed by atoms with Crippen molar-refractivity contribution < 1.29 is 13.9 Å². The Bertz CT molecular complexity index is 1120. The molecule has 2 aliphatic carbocycles. The molecule has 2 aliphatic rings. The number of rotatable bonds is 3. The fourth-order valence-corrected chi connectivity index (χ4v) is 5.30. The first-order chi connectivity index (χ1) is 14.5. The average Bonchev–Trinajstić information content (AvgIpc) is 3.14. The normalized spacial score (nSPS) is 24.0. The van der Waals surface area contributed by atoms with Crippen LogP contribution >= 0.6 is 0 Å². The number of hydrogen-bond acceptors (Lipinski definition) is 2. The summed E-state index contributed by atoms with van der Waals surface area (Å²) in [4.78, 5) is 0. The molecule has 0 amide bonds. The smallest absolute Gasteiger partial charge is 0.129 e. The van der Waals surface area contributed by atoms with Crippen molar-refractivity contribution in [2.75, 3.05) is 0 Å². The molecular weight excluding hydrogens is 382 g/mol. The molecule has 5 heteroatoms. The van der Waals surface area contributed by atoms with Gasteiger partial charge in [0.1, 0.15) is 11.6 Å². The van der Waals surface area contributed by atoms with Crippen LogP contribution in [0.5, 0.6) is 0 Å². The third-order valence-corrected chi connectivity index (χ3v) is 6.94. The Hall–Kier alpha value is -2.79. The molecule has 3 aromatic rings. The van der Waals surface area contributed by atoms with Gasteiger partial charge < -0.3 is 5.11 Å². The van der Waals surface area contributed by atoms with Crippen LogP contribution in [0.25, 0.3) is 11.8 Å². The summed E-state index contributed by atoms with van der Waals surface area (Å²) in [7, 11) is 0. The van der Waals surface area contributed by atoms with Gasteiger partial charge in [-0.2, -0.15) is 5.10 Å². The third kappa shape index (κ3) is 3.00. The second-order valence-corrected chi connectivity index (χ2v) is 8.67. The third-order valence-electron chi connectivity index (χ3n) is 6.94. The van der Waals surface area contributed by atoms with Gasteiger partial charge in [0.25, 0.3) is 0 Å². The second-order valence-electron chi connectivity index (χ2n) is 8.67. The summed E-state index contributed by atoms with van der Waals surface area (Å²) in [5, 5.41) is 15.7. The summed E-state index contributed by atoms with van der Waals surface area (Å²) in [6.07, 6.45) is 6.68. The Morgan fingerprint density at radius 2 is 1.90 bits per heavy atom. The lowest BCUT2D eigenvalue weighted by molar-refractivity contribution is 0.0196. The quantitative estimate of drug-likeness (QED) is 0.612. The zero-order chi connectivity index (χ0) is 20.9. The number of fused-ring (bicyclic) bond motifs is 2. The number of aliphatic hydroxyl groups excluding tert-OH is 1. The molecule has 1 aromatic heterocycles. The van der Waals surface area contributed by atoms with Crippen LogP contribution in [-0.4, -0.2) is 14.9 Å². The number of nitrogens with zero attached hydrogens (tertiary/aromatic N) is 2. The average molecular weight is 406 g/mol. The first-order valence-electron chi connectivity index (χ1n) is 10.4. The molecule has 3 atom stereocenters. The predicted octanol–water partition coefficient (Wildman–Crippen LogP) is 5.63. The minimum atomic E-state index is -0.853. The molecule has 1 saturated carbocycles. The van der Waals surface area contributed by atoms with Gasteiger partial charge in [0.15, 0.2) is 0 Å². The highest BCUT2D eigenvalue weighted by molar-refractivity contribution is 5.61. The summed E-state index contributed by atoms with van der Waals surface area (Å²) in [5.74, 6) is -0.704. The van der Waals surface area contributed by atoms with Crippen molar-refractivity contribution in [1.82, 2.24) is 9.78 Å². The number of aliphatic hydroxyl groups is 1. The summed E-state index contributed by atoms with van der Waals surface area (Å²) in [5.41, 5.74) is 4.30. The molecule has 0 aliphatic heterocycles. The van der Waals surface area contributed by atoms with Crippen LogP contribution in [-0.2, 0) is 6.42 Å². The van der Waals surface area contributed by atoms with Crippen molar-refractivity contribution in [3.8, 4) is 5.69 Å². The van der Waals surface area contributed by atoms with E-state index in [-0.39, 0.29) is 23.0 Å². The number of benzene rings is 2. The fourth-order valence-electron chi connectivity index (χ4n) is 5.30. The molecule has 5 rings (SSSR count). The SMILES string of the molecule is C[C@]12Cc3cnn(-c4ccc(F)cc4)c3C=C1CCC[C@@H]2[C@@H](O)c1ccccc1F. The molecule has 30 heavy (non-hydrogen) atoms. The van der Waals surface area contributed by atoms with Crippen molar-refractivity contribution >= 4 is 6.08 Å². The van der Waals surface area contributed by atoms with Crippen molar-refractivity contribution in [2.24, 2.45) is 11.3 Å². The number of aromatic nitrogens is 2. The number of allylic oxidation sites excluding steroid dienone is 1. The van der Waals surface area contributed by atoms with Crippen molar-refractivity contribution in [2.45, 2.75) is 38.7 Å². The molecule has 0 radical (unpaired) electrons. The summed E-state index contributed by atoms with van der Waals surface area (Å²) in [6, 6.07) is 12.8. The summed E-state index contributed by atoms with van der Waals surface area (Å²) >= 11 is 0. The van der Waals surface area contributed by atoms with Gasteiger partial charge in [0, 0.05) is 5.56 Å². The Labute approximate surface area is 174 Å². The van der Waals surface area contributed by atoms with Gasteiger partial charge in [0.2, 0.25) is 0 Å². The minimum absolute atomic E-state index is 0.0725. The molecule has 0 bridgehead atoms. The predicted molar refractivity (Wildman–Crippen MR) is 112 cm³/mol. The second kappa shape index (κ2) is 7.17. The summed E-state index contributed by atoms with van der Waals surface area (Å²) < 4.78 is 29.6. The lowest BCUT2D eigenvalue weighted by atomic mass is 9.57. The van der Waals surface area contributed by atoms with Gasteiger partial charge in [0.05, 0.1) is 23.7 Å². The largest absolute Gasteiger partial charge is 0.388 e. The van der Waals surface area contributed by atoms with Crippen LogP contribution in [0.4, 0.5) is 8.78 Å². The molecule has 3 nitrogen and oxygen atoms in total. The zero-order valence-electron chi connectivity index (χ0n) is 16.9. The standard InChI is InChI=1S/C25H24F2N2O/c1-25-14-16-15-28-29(19-11-9-18(26)10-12-19)23(16)13-17(25)5-4-7-21(25)24(30)20-6-2-3-8-22(20)27/h2-3,6,8-13,15,21,24,30H,4-5,7,14H2,1H3/t21-,24+,25+/m1/s1. The van der Waals surface area contributed by atoms with E-state index in [1.165, 1.54) is 23.8 Å². The molecule has 0 spiro atoms. The fraction of sp³-hybridized carbons (Fsp3) is 0.320. The molecule has 1 N–H and O–H groups in total. The highest BCUT2D eigenvalue weighted by Gasteiger charge is 2.46.